The van der Waals surface area contributed by atoms with E-state index in [4.69, 9.17) is 5.73 Å². The first-order valence-electron chi connectivity index (χ1n) is 4.74. The number of benzene rings is 1. The highest BCUT2D eigenvalue weighted by atomic mass is 16.3. The van der Waals surface area contributed by atoms with Crippen molar-refractivity contribution in [2.45, 2.75) is 12.5 Å². The average Bonchev–Trinajstić information content (AvgIpc) is 2.66. The summed E-state index contributed by atoms with van der Waals surface area (Å²) in [4.78, 5) is 3.14. The predicted octanol–water partition coefficient (Wildman–Crippen LogP) is 1.03. The van der Waals surface area contributed by atoms with Crippen molar-refractivity contribution in [3.8, 4) is 0 Å². The first-order chi connectivity index (χ1) is 6.81. The molecule has 0 saturated heterocycles. The average molecular weight is 190 g/mol. The van der Waals surface area contributed by atoms with Crippen molar-refractivity contribution in [1.29, 1.82) is 0 Å². The van der Waals surface area contributed by atoms with E-state index < -0.39 is 6.10 Å². The van der Waals surface area contributed by atoms with Crippen molar-refractivity contribution < 1.29 is 5.11 Å². The molecule has 1 aromatic carbocycles. The van der Waals surface area contributed by atoms with Gasteiger partial charge in [-0.05, 0) is 17.7 Å². The molecule has 0 fully saturated rings. The van der Waals surface area contributed by atoms with Gasteiger partial charge in [0.1, 0.15) is 0 Å². The number of nitrogens with two attached hydrogens (primary N) is 1. The van der Waals surface area contributed by atoms with Gasteiger partial charge in [0.05, 0.1) is 6.10 Å². The van der Waals surface area contributed by atoms with E-state index in [1.54, 1.807) is 0 Å². The molecule has 0 aliphatic rings. The van der Waals surface area contributed by atoms with E-state index in [2.05, 4.69) is 4.98 Å². The summed E-state index contributed by atoms with van der Waals surface area (Å²) < 4.78 is 0. The molecular weight excluding hydrogens is 176 g/mol. The molecule has 0 aliphatic carbocycles. The van der Waals surface area contributed by atoms with E-state index >= 15 is 0 Å². The summed E-state index contributed by atoms with van der Waals surface area (Å²) in [6, 6.07) is 8.05. The Balaban J connectivity index is 2.36. The number of hydrogen-bond acceptors (Lipinski definition) is 2. The van der Waals surface area contributed by atoms with Crippen LogP contribution in [0.15, 0.2) is 30.5 Å². The second-order valence-electron chi connectivity index (χ2n) is 3.45. The lowest BCUT2D eigenvalue weighted by Gasteiger charge is -2.08. The second-order valence-corrected chi connectivity index (χ2v) is 3.45. The highest BCUT2D eigenvalue weighted by Crippen LogP contribution is 2.18. The van der Waals surface area contributed by atoms with Crippen LogP contribution in [-0.2, 0) is 6.42 Å². The van der Waals surface area contributed by atoms with Gasteiger partial charge in [0.15, 0.2) is 0 Å². The van der Waals surface area contributed by atoms with Gasteiger partial charge in [-0.15, -0.1) is 0 Å². The van der Waals surface area contributed by atoms with Gasteiger partial charge in [-0.2, -0.15) is 0 Å². The van der Waals surface area contributed by atoms with Gasteiger partial charge in [0, 0.05) is 30.1 Å². The van der Waals surface area contributed by atoms with E-state index in [-0.39, 0.29) is 0 Å². The molecule has 0 spiro atoms. The minimum absolute atomic E-state index is 0.306. The Morgan fingerprint density at radius 3 is 3.00 bits per heavy atom. The van der Waals surface area contributed by atoms with Gasteiger partial charge in [0.25, 0.3) is 0 Å². The minimum Gasteiger partial charge on any atom is -0.391 e. The number of aliphatic hydroxyl groups is 1. The quantitative estimate of drug-likeness (QED) is 0.677. The van der Waals surface area contributed by atoms with Crippen molar-refractivity contribution in [2.24, 2.45) is 5.73 Å². The van der Waals surface area contributed by atoms with Crippen LogP contribution < -0.4 is 5.73 Å². The molecule has 14 heavy (non-hydrogen) atoms. The maximum absolute atomic E-state index is 9.47. The van der Waals surface area contributed by atoms with E-state index in [1.807, 2.05) is 30.5 Å². The number of nitrogens with one attached hydrogen (secondary N) is 1. The number of fused-ring (bicyclic) bond motifs is 1. The highest BCUT2D eigenvalue weighted by Gasteiger charge is 2.06. The molecule has 0 bridgehead atoms. The maximum atomic E-state index is 9.47. The molecule has 0 radical (unpaired) electrons. The molecule has 1 atom stereocenters. The third-order valence-corrected chi connectivity index (χ3v) is 2.41. The SMILES string of the molecule is NCC(O)Cc1cccc2[nH]ccc12. The lowest BCUT2D eigenvalue weighted by molar-refractivity contribution is 0.184. The molecule has 0 aliphatic heterocycles. The fraction of sp³-hybridized carbons (Fsp3) is 0.273. The summed E-state index contributed by atoms with van der Waals surface area (Å²) in [5.74, 6) is 0. The van der Waals surface area contributed by atoms with Crippen LogP contribution in [-0.4, -0.2) is 22.7 Å². The minimum atomic E-state index is -0.449. The van der Waals surface area contributed by atoms with Crippen LogP contribution in [0.1, 0.15) is 5.56 Å². The van der Waals surface area contributed by atoms with E-state index in [1.165, 1.54) is 5.39 Å². The van der Waals surface area contributed by atoms with Crippen molar-refractivity contribution in [3.63, 3.8) is 0 Å². The Hall–Kier alpha value is -1.32. The predicted molar refractivity (Wildman–Crippen MR) is 57.1 cm³/mol. The highest BCUT2D eigenvalue weighted by molar-refractivity contribution is 5.82. The number of aromatic amines is 1. The molecular formula is C11H14N2O. The summed E-state index contributed by atoms with van der Waals surface area (Å²) >= 11 is 0. The summed E-state index contributed by atoms with van der Waals surface area (Å²) in [6.45, 7) is 0.306. The normalized spacial score (nSPS) is 13.3. The topological polar surface area (TPSA) is 62.0 Å². The van der Waals surface area contributed by atoms with Crippen molar-refractivity contribution >= 4 is 10.9 Å². The molecule has 2 rings (SSSR count). The second kappa shape index (κ2) is 3.82. The molecule has 0 saturated carbocycles. The molecule has 1 unspecified atom stereocenters. The molecule has 74 valence electrons. The molecule has 2 aromatic rings. The number of rotatable bonds is 3. The summed E-state index contributed by atoms with van der Waals surface area (Å²) in [6.07, 6.45) is 2.07. The van der Waals surface area contributed by atoms with Crippen LogP contribution in [0.2, 0.25) is 0 Å². The fourth-order valence-corrected chi connectivity index (χ4v) is 1.67. The molecule has 4 N–H and O–H groups in total. The molecule has 1 heterocycles. The molecule has 3 heteroatoms. The fourth-order valence-electron chi connectivity index (χ4n) is 1.67. The molecule has 0 amide bonds. The van der Waals surface area contributed by atoms with E-state index in [0.29, 0.717) is 13.0 Å². The van der Waals surface area contributed by atoms with Gasteiger partial charge in [-0.3, -0.25) is 0 Å². The number of H-pyrrole nitrogens is 1. The summed E-state index contributed by atoms with van der Waals surface area (Å²) in [7, 11) is 0. The standard InChI is InChI=1S/C11H14N2O/c12-7-9(14)6-8-2-1-3-11-10(8)4-5-13-11/h1-5,9,13-14H,6-7,12H2. The third-order valence-electron chi connectivity index (χ3n) is 2.41. The van der Waals surface area contributed by atoms with Crippen molar-refractivity contribution in [1.82, 2.24) is 4.98 Å². The summed E-state index contributed by atoms with van der Waals surface area (Å²) in [5, 5.41) is 10.6. The zero-order valence-corrected chi connectivity index (χ0v) is 7.90. The Labute approximate surface area is 82.6 Å². The van der Waals surface area contributed by atoms with Gasteiger partial charge in [0.2, 0.25) is 0 Å². The number of aromatic nitrogens is 1. The van der Waals surface area contributed by atoms with Gasteiger partial charge in [-0.25, -0.2) is 0 Å². The van der Waals surface area contributed by atoms with Gasteiger partial charge < -0.3 is 15.8 Å². The van der Waals surface area contributed by atoms with Crippen LogP contribution in [0.5, 0.6) is 0 Å². The first kappa shape index (κ1) is 9.24. The lowest BCUT2D eigenvalue weighted by Crippen LogP contribution is -2.21. The van der Waals surface area contributed by atoms with Crippen LogP contribution >= 0.6 is 0 Å². The monoisotopic (exact) mass is 190 g/mol. The zero-order valence-electron chi connectivity index (χ0n) is 7.90. The zero-order chi connectivity index (χ0) is 9.97. The van der Waals surface area contributed by atoms with E-state index in [0.717, 1.165) is 11.1 Å². The van der Waals surface area contributed by atoms with Gasteiger partial charge >= 0.3 is 0 Å². The Morgan fingerprint density at radius 1 is 1.36 bits per heavy atom. The Bertz CT molecular complexity index is 422. The van der Waals surface area contributed by atoms with Crippen LogP contribution in [0.4, 0.5) is 0 Å². The van der Waals surface area contributed by atoms with Crippen LogP contribution in [0, 0.1) is 0 Å². The number of hydrogen-bond donors (Lipinski definition) is 3. The maximum Gasteiger partial charge on any atom is 0.0702 e. The van der Waals surface area contributed by atoms with Gasteiger partial charge in [-0.1, -0.05) is 12.1 Å². The van der Waals surface area contributed by atoms with Crippen LogP contribution in [0.3, 0.4) is 0 Å². The number of aliphatic hydroxyl groups excluding tert-OH is 1. The first-order valence-corrected chi connectivity index (χ1v) is 4.74. The molecule has 1 aromatic heterocycles. The lowest BCUT2D eigenvalue weighted by atomic mass is 10.0. The van der Waals surface area contributed by atoms with Crippen molar-refractivity contribution in [2.75, 3.05) is 6.54 Å². The Kier molecular flexibility index (Phi) is 2.52. The van der Waals surface area contributed by atoms with Crippen LogP contribution in [0.25, 0.3) is 10.9 Å². The summed E-state index contributed by atoms with van der Waals surface area (Å²) in [5.41, 5.74) is 7.63. The smallest absolute Gasteiger partial charge is 0.0702 e. The Morgan fingerprint density at radius 2 is 2.21 bits per heavy atom. The van der Waals surface area contributed by atoms with E-state index in [9.17, 15) is 5.11 Å². The molecule has 3 nitrogen and oxygen atoms in total. The third kappa shape index (κ3) is 1.64. The largest absolute Gasteiger partial charge is 0.391 e. The van der Waals surface area contributed by atoms with Crippen molar-refractivity contribution in [3.05, 3.63) is 36.0 Å².